The first-order valence-corrected chi connectivity index (χ1v) is 9.53. The Morgan fingerprint density at radius 2 is 1.90 bits per heavy atom. The van der Waals surface area contributed by atoms with Crippen molar-refractivity contribution in [2.75, 3.05) is 0 Å². The Hall–Kier alpha value is -3.73. The van der Waals surface area contributed by atoms with Crippen LogP contribution in [0.25, 0.3) is 5.69 Å². The molecule has 0 unspecified atom stereocenters. The van der Waals surface area contributed by atoms with Gasteiger partial charge in [0.25, 0.3) is 5.91 Å². The molecule has 0 radical (unpaired) electrons. The van der Waals surface area contributed by atoms with E-state index in [-0.39, 0.29) is 18.1 Å². The monoisotopic (exact) mass is 388 g/mol. The van der Waals surface area contributed by atoms with Crippen molar-refractivity contribution in [3.8, 4) is 17.6 Å². The van der Waals surface area contributed by atoms with E-state index in [4.69, 9.17) is 10.00 Å². The molecule has 1 aromatic carbocycles. The topological polar surface area (TPSA) is 106 Å². The van der Waals surface area contributed by atoms with Gasteiger partial charge in [0.2, 0.25) is 5.88 Å². The zero-order valence-electron chi connectivity index (χ0n) is 15.7. The van der Waals surface area contributed by atoms with Gasteiger partial charge < -0.3 is 10.1 Å². The number of aromatic nitrogens is 4. The molecule has 1 fully saturated rings. The van der Waals surface area contributed by atoms with Crippen molar-refractivity contribution >= 4 is 5.91 Å². The number of para-hydroxylation sites is 1. The highest BCUT2D eigenvalue weighted by Crippen LogP contribution is 2.23. The largest absolute Gasteiger partial charge is 0.474 e. The lowest BCUT2D eigenvalue weighted by Crippen LogP contribution is -2.40. The van der Waals surface area contributed by atoms with Gasteiger partial charge in [0.05, 0.1) is 17.4 Å². The third-order valence-corrected chi connectivity index (χ3v) is 4.87. The Balaban J connectivity index is 1.27. The van der Waals surface area contributed by atoms with Gasteiger partial charge in [-0.25, -0.2) is 4.98 Å². The van der Waals surface area contributed by atoms with Crippen LogP contribution in [0.2, 0.25) is 0 Å². The number of hydrogen-bond donors (Lipinski definition) is 1. The second-order valence-corrected chi connectivity index (χ2v) is 6.92. The van der Waals surface area contributed by atoms with E-state index in [2.05, 4.69) is 20.5 Å². The SMILES string of the molecule is N#Cc1ccc(OC2CCC(NC(=O)c3cnn(-c4ccccc4)n3)CC2)nc1. The molecule has 8 heteroatoms. The first kappa shape index (κ1) is 18.6. The van der Waals surface area contributed by atoms with Crippen molar-refractivity contribution < 1.29 is 9.53 Å². The number of nitrogens with zero attached hydrogens (tertiary/aromatic N) is 5. The predicted molar refractivity (Wildman–Crippen MR) is 104 cm³/mol. The number of nitriles is 1. The Morgan fingerprint density at radius 3 is 2.59 bits per heavy atom. The van der Waals surface area contributed by atoms with Crippen LogP contribution in [-0.2, 0) is 0 Å². The quantitative estimate of drug-likeness (QED) is 0.720. The molecule has 2 aromatic heterocycles. The van der Waals surface area contributed by atoms with Crippen molar-refractivity contribution in [2.24, 2.45) is 0 Å². The number of ether oxygens (including phenoxy) is 1. The van der Waals surface area contributed by atoms with E-state index in [9.17, 15) is 4.79 Å². The van der Waals surface area contributed by atoms with Crippen LogP contribution in [0.4, 0.5) is 0 Å². The number of carbonyl (C=O) groups excluding carboxylic acids is 1. The molecule has 146 valence electrons. The molecule has 1 saturated carbocycles. The molecule has 0 aliphatic heterocycles. The lowest BCUT2D eigenvalue weighted by molar-refractivity contribution is 0.0885. The molecule has 29 heavy (non-hydrogen) atoms. The van der Waals surface area contributed by atoms with Crippen molar-refractivity contribution in [1.82, 2.24) is 25.3 Å². The number of rotatable bonds is 5. The fourth-order valence-corrected chi connectivity index (χ4v) is 3.32. The van der Waals surface area contributed by atoms with Gasteiger partial charge in [0.15, 0.2) is 5.69 Å². The average molecular weight is 388 g/mol. The number of amides is 1. The standard InChI is InChI=1S/C21H20N6O2/c22-12-15-6-11-20(23-13-15)29-18-9-7-16(8-10-18)25-21(28)19-14-24-27(26-19)17-4-2-1-3-5-17/h1-6,11,13-14,16,18H,7-10H2,(H,25,28). The summed E-state index contributed by atoms with van der Waals surface area (Å²) in [6, 6.07) is 15.0. The lowest BCUT2D eigenvalue weighted by atomic mass is 9.93. The summed E-state index contributed by atoms with van der Waals surface area (Å²) in [5.41, 5.74) is 1.61. The second-order valence-electron chi connectivity index (χ2n) is 6.92. The summed E-state index contributed by atoms with van der Waals surface area (Å²) in [6.07, 6.45) is 6.32. The van der Waals surface area contributed by atoms with Crippen LogP contribution < -0.4 is 10.1 Å². The van der Waals surface area contributed by atoms with Gasteiger partial charge in [-0.2, -0.15) is 15.2 Å². The van der Waals surface area contributed by atoms with Gasteiger partial charge in [-0.05, 0) is 43.9 Å². The molecule has 1 aliphatic rings. The van der Waals surface area contributed by atoms with Crippen molar-refractivity contribution in [3.63, 3.8) is 0 Å². The third kappa shape index (κ3) is 4.58. The van der Waals surface area contributed by atoms with Crippen molar-refractivity contribution in [2.45, 2.75) is 37.8 Å². The molecule has 1 N–H and O–H groups in total. The van der Waals surface area contributed by atoms with Gasteiger partial charge in [-0.1, -0.05) is 18.2 Å². The number of pyridine rings is 1. The Kier molecular flexibility index (Phi) is 5.47. The smallest absolute Gasteiger partial charge is 0.273 e. The van der Waals surface area contributed by atoms with Crippen molar-refractivity contribution in [3.05, 3.63) is 66.1 Å². The molecule has 4 rings (SSSR count). The molecule has 1 amide bonds. The highest BCUT2D eigenvalue weighted by atomic mass is 16.5. The Bertz CT molecular complexity index is 1000. The molecule has 0 bridgehead atoms. The highest BCUT2D eigenvalue weighted by Gasteiger charge is 2.25. The fraction of sp³-hybridized carbons (Fsp3) is 0.286. The van der Waals surface area contributed by atoms with E-state index < -0.39 is 0 Å². The van der Waals surface area contributed by atoms with E-state index in [0.717, 1.165) is 31.4 Å². The van der Waals surface area contributed by atoms with Gasteiger partial charge in [0, 0.05) is 18.3 Å². The lowest BCUT2D eigenvalue weighted by Gasteiger charge is -2.29. The van der Waals surface area contributed by atoms with E-state index in [1.165, 1.54) is 17.2 Å². The highest BCUT2D eigenvalue weighted by molar-refractivity contribution is 5.92. The Morgan fingerprint density at radius 1 is 1.10 bits per heavy atom. The van der Waals surface area contributed by atoms with E-state index in [0.29, 0.717) is 17.1 Å². The van der Waals surface area contributed by atoms with Crippen molar-refractivity contribution in [1.29, 1.82) is 5.26 Å². The summed E-state index contributed by atoms with van der Waals surface area (Å²) in [4.78, 5) is 18.1. The third-order valence-electron chi connectivity index (χ3n) is 4.87. The molecule has 0 atom stereocenters. The Labute approximate surface area is 168 Å². The van der Waals surface area contributed by atoms with Crippen LogP contribution in [-0.4, -0.2) is 38.0 Å². The zero-order valence-corrected chi connectivity index (χ0v) is 15.7. The van der Waals surface area contributed by atoms with Gasteiger partial charge in [-0.15, -0.1) is 5.10 Å². The minimum atomic E-state index is -0.217. The van der Waals surface area contributed by atoms with Gasteiger partial charge in [-0.3, -0.25) is 4.79 Å². The summed E-state index contributed by atoms with van der Waals surface area (Å²) in [7, 11) is 0. The number of hydrogen-bond acceptors (Lipinski definition) is 6. The maximum atomic E-state index is 12.5. The molecule has 0 spiro atoms. The van der Waals surface area contributed by atoms with Crippen LogP contribution in [0.5, 0.6) is 5.88 Å². The van der Waals surface area contributed by atoms with Crippen LogP contribution in [0.1, 0.15) is 41.7 Å². The van der Waals surface area contributed by atoms with Gasteiger partial charge >= 0.3 is 0 Å². The van der Waals surface area contributed by atoms with E-state index in [1.54, 1.807) is 12.1 Å². The minimum Gasteiger partial charge on any atom is -0.474 e. The molecular formula is C21H20N6O2. The zero-order chi connectivity index (χ0) is 20.1. The van der Waals surface area contributed by atoms with Gasteiger partial charge in [0.1, 0.15) is 12.2 Å². The molecule has 3 aromatic rings. The summed E-state index contributed by atoms with van der Waals surface area (Å²) in [5, 5.41) is 20.3. The van der Waals surface area contributed by atoms with Crippen LogP contribution in [0.15, 0.2) is 54.9 Å². The van der Waals surface area contributed by atoms with E-state index >= 15 is 0 Å². The fourth-order valence-electron chi connectivity index (χ4n) is 3.32. The van der Waals surface area contributed by atoms with Crippen LogP contribution in [0, 0.1) is 11.3 Å². The first-order chi connectivity index (χ1) is 14.2. The molecule has 0 saturated heterocycles. The number of nitrogens with one attached hydrogen (secondary N) is 1. The minimum absolute atomic E-state index is 0.0579. The summed E-state index contributed by atoms with van der Waals surface area (Å²) in [6.45, 7) is 0. The molecule has 1 aliphatic carbocycles. The number of carbonyl (C=O) groups is 1. The first-order valence-electron chi connectivity index (χ1n) is 9.53. The molecule has 2 heterocycles. The average Bonchev–Trinajstić information content (AvgIpc) is 3.27. The number of benzene rings is 1. The summed E-state index contributed by atoms with van der Waals surface area (Å²) in [5.74, 6) is 0.305. The second kappa shape index (κ2) is 8.52. The molecular weight excluding hydrogens is 368 g/mol. The molecule has 8 nitrogen and oxygen atoms in total. The van der Waals surface area contributed by atoms with E-state index in [1.807, 2.05) is 36.4 Å². The summed E-state index contributed by atoms with van der Waals surface area (Å²) < 4.78 is 5.89. The summed E-state index contributed by atoms with van der Waals surface area (Å²) >= 11 is 0. The predicted octanol–water partition coefficient (Wildman–Crippen LogP) is 2.65. The maximum Gasteiger partial charge on any atom is 0.273 e. The maximum absolute atomic E-state index is 12.5. The van der Waals surface area contributed by atoms with Crippen LogP contribution in [0.3, 0.4) is 0 Å². The normalized spacial score (nSPS) is 18.6. The van der Waals surface area contributed by atoms with Crippen LogP contribution >= 0.6 is 0 Å².